The molecule has 2 aromatic rings. The van der Waals surface area contributed by atoms with Crippen molar-refractivity contribution in [2.24, 2.45) is 0 Å². The van der Waals surface area contributed by atoms with Gasteiger partial charge in [0.15, 0.2) is 0 Å². The molecular formula is C16H16F2N2O. The van der Waals surface area contributed by atoms with Gasteiger partial charge in [0.1, 0.15) is 11.6 Å². The second-order valence-corrected chi connectivity index (χ2v) is 4.54. The molecule has 0 aliphatic heterocycles. The zero-order valence-corrected chi connectivity index (χ0v) is 11.6. The Morgan fingerprint density at radius 1 is 1.10 bits per heavy atom. The van der Waals surface area contributed by atoms with Gasteiger partial charge < -0.3 is 10.6 Å². The van der Waals surface area contributed by atoms with E-state index in [1.807, 2.05) is 31.2 Å². The topological polar surface area (TPSA) is 41.1 Å². The first kappa shape index (κ1) is 15.0. The van der Waals surface area contributed by atoms with Gasteiger partial charge in [-0.3, -0.25) is 4.79 Å². The number of amides is 1. The van der Waals surface area contributed by atoms with Gasteiger partial charge >= 0.3 is 0 Å². The van der Waals surface area contributed by atoms with Crippen molar-refractivity contribution in [3.8, 4) is 0 Å². The number of halogens is 2. The highest BCUT2D eigenvalue weighted by molar-refractivity contribution is 5.93. The second kappa shape index (κ2) is 6.83. The lowest BCUT2D eigenvalue weighted by Gasteiger charge is -2.11. The van der Waals surface area contributed by atoms with Gasteiger partial charge in [-0.25, -0.2) is 8.78 Å². The average Bonchev–Trinajstić information content (AvgIpc) is 2.48. The third kappa shape index (κ3) is 4.02. The number of aryl methyl sites for hydroxylation is 1. The van der Waals surface area contributed by atoms with Gasteiger partial charge in [0.05, 0.1) is 12.2 Å². The third-order valence-corrected chi connectivity index (χ3v) is 3.04. The van der Waals surface area contributed by atoms with Crippen molar-refractivity contribution in [1.82, 2.24) is 0 Å². The van der Waals surface area contributed by atoms with Crippen LogP contribution in [-0.2, 0) is 11.2 Å². The second-order valence-electron chi connectivity index (χ2n) is 4.54. The zero-order chi connectivity index (χ0) is 15.2. The first-order chi connectivity index (χ1) is 10.1. The molecule has 21 heavy (non-hydrogen) atoms. The van der Waals surface area contributed by atoms with E-state index in [1.165, 1.54) is 6.07 Å². The fourth-order valence-electron chi connectivity index (χ4n) is 1.96. The molecule has 0 saturated heterocycles. The lowest BCUT2D eigenvalue weighted by atomic mass is 10.1. The number of hydrogen-bond acceptors (Lipinski definition) is 2. The largest absolute Gasteiger partial charge is 0.376 e. The molecule has 0 fully saturated rings. The minimum Gasteiger partial charge on any atom is -0.376 e. The summed E-state index contributed by atoms with van der Waals surface area (Å²) in [6, 6.07) is 10.7. The number of rotatable bonds is 5. The molecule has 0 saturated carbocycles. The van der Waals surface area contributed by atoms with Gasteiger partial charge in [-0.1, -0.05) is 25.1 Å². The van der Waals surface area contributed by atoms with E-state index in [2.05, 4.69) is 10.6 Å². The Bertz CT molecular complexity index is 644. The highest BCUT2D eigenvalue weighted by Gasteiger charge is 2.08. The molecule has 2 N–H and O–H groups in total. The molecule has 0 atom stereocenters. The summed E-state index contributed by atoms with van der Waals surface area (Å²) >= 11 is 0. The van der Waals surface area contributed by atoms with Crippen LogP contribution in [0.4, 0.5) is 20.2 Å². The van der Waals surface area contributed by atoms with E-state index in [0.29, 0.717) is 0 Å². The summed E-state index contributed by atoms with van der Waals surface area (Å²) in [4.78, 5) is 11.8. The molecular weight excluding hydrogens is 274 g/mol. The molecule has 0 unspecified atom stereocenters. The molecule has 0 radical (unpaired) electrons. The van der Waals surface area contributed by atoms with Crippen LogP contribution in [-0.4, -0.2) is 12.5 Å². The van der Waals surface area contributed by atoms with Gasteiger partial charge in [-0.2, -0.15) is 0 Å². The summed E-state index contributed by atoms with van der Waals surface area (Å²) in [5, 5.41) is 5.41. The molecule has 2 aromatic carbocycles. The molecule has 2 rings (SSSR count). The Labute approximate surface area is 122 Å². The first-order valence-electron chi connectivity index (χ1n) is 6.67. The van der Waals surface area contributed by atoms with E-state index in [0.717, 1.165) is 29.8 Å². The van der Waals surface area contributed by atoms with Gasteiger partial charge in [0.2, 0.25) is 5.91 Å². The fraction of sp³-hybridized carbons (Fsp3) is 0.188. The van der Waals surface area contributed by atoms with Crippen LogP contribution in [0.15, 0.2) is 42.5 Å². The number of nitrogens with one attached hydrogen (secondary N) is 2. The highest BCUT2D eigenvalue weighted by atomic mass is 19.1. The van der Waals surface area contributed by atoms with Crippen molar-refractivity contribution in [3.05, 3.63) is 59.7 Å². The van der Waals surface area contributed by atoms with Crippen LogP contribution in [0.5, 0.6) is 0 Å². The molecule has 0 spiro atoms. The van der Waals surface area contributed by atoms with E-state index >= 15 is 0 Å². The minimum absolute atomic E-state index is 0.00777. The molecule has 0 aliphatic rings. The summed E-state index contributed by atoms with van der Waals surface area (Å²) in [5.74, 6) is -1.87. The zero-order valence-electron chi connectivity index (χ0n) is 11.6. The Balaban J connectivity index is 1.96. The SMILES string of the molecule is CCc1ccccc1NCC(=O)Nc1ccc(F)cc1F. The molecule has 1 amide bonds. The van der Waals surface area contributed by atoms with Gasteiger partial charge in [-0.15, -0.1) is 0 Å². The van der Waals surface area contributed by atoms with Crippen LogP contribution in [0.2, 0.25) is 0 Å². The Kier molecular flexibility index (Phi) is 4.87. The summed E-state index contributed by atoms with van der Waals surface area (Å²) in [6.45, 7) is 2.03. The Morgan fingerprint density at radius 2 is 1.86 bits per heavy atom. The first-order valence-corrected chi connectivity index (χ1v) is 6.67. The Morgan fingerprint density at radius 3 is 2.57 bits per heavy atom. The van der Waals surface area contributed by atoms with Gasteiger partial charge in [-0.05, 0) is 30.2 Å². The van der Waals surface area contributed by atoms with Crippen LogP contribution in [0.25, 0.3) is 0 Å². The number of carbonyl (C=O) groups is 1. The quantitative estimate of drug-likeness (QED) is 0.883. The number of para-hydroxylation sites is 1. The van der Waals surface area contributed by atoms with Crippen LogP contribution in [0, 0.1) is 11.6 Å². The predicted molar refractivity (Wildman–Crippen MR) is 79.3 cm³/mol. The summed E-state index contributed by atoms with van der Waals surface area (Å²) in [6.07, 6.45) is 0.845. The predicted octanol–water partition coefficient (Wildman–Crippen LogP) is 3.58. The lowest BCUT2D eigenvalue weighted by molar-refractivity contribution is -0.114. The highest BCUT2D eigenvalue weighted by Crippen LogP contribution is 2.16. The molecule has 0 heterocycles. The van der Waals surface area contributed by atoms with Crippen molar-refractivity contribution < 1.29 is 13.6 Å². The van der Waals surface area contributed by atoms with Crippen molar-refractivity contribution in [2.45, 2.75) is 13.3 Å². The smallest absolute Gasteiger partial charge is 0.243 e. The molecule has 3 nitrogen and oxygen atoms in total. The van der Waals surface area contributed by atoms with E-state index < -0.39 is 17.5 Å². The van der Waals surface area contributed by atoms with E-state index in [4.69, 9.17) is 0 Å². The third-order valence-electron chi connectivity index (χ3n) is 3.04. The number of carbonyl (C=O) groups excluding carboxylic acids is 1. The molecule has 5 heteroatoms. The lowest BCUT2D eigenvalue weighted by Crippen LogP contribution is -2.22. The van der Waals surface area contributed by atoms with E-state index in [9.17, 15) is 13.6 Å². The van der Waals surface area contributed by atoms with Crippen molar-refractivity contribution in [3.63, 3.8) is 0 Å². The Hall–Kier alpha value is -2.43. The van der Waals surface area contributed by atoms with Crippen LogP contribution < -0.4 is 10.6 Å². The standard InChI is InChI=1S/C16H16F2N2O/c1-2-11-5-3-4-6-14(11)19-10-16(21)20-15-8-7-12(17)9-13(15)18/h3-9,19H,2,10H2,1H3,(H,20,21). The van der Waals surface area contributed by atoms with E-state index in [1.54, 1.807) is 0 Å². The number of anilines is 2. The van der Waals surface area contributed by atoms with Gasteiger partial charge in [0.25, 0.3) is 0 Å². The average molecular weight is 290 g/mol. The maximum atomic E-state index is 13.4. The monoisotopic (exact) mass is 290 g/mol. The molecule has 0 aromatic heterocycles. The van der Waals surface area contributed by atoms with Crippen molar-refractivity contribution in [2.75, 3.05) is 17.2 Å². The maximum Gasteiger partial charge on any atom is 0.243 e. The fourth-order valence-corrected chi connectivity index (χ4v) is 1.96. The summed E-state index contributed by atoms with van der Waals surface area (Å²) < 4.78 is 26.2. The normalized spacial score (nSPS) is 10.2. The summed E-state index contributed by atoms with van der Waals surface area (Å²) in [7, 11) is 0. The van der Waals surface area contributed by atoms with Crippen molar-refractivity contribution >= 4 is 17.3 Å². The number of hydrogen-bond donors (Lipinski definition) is 2. The van der Waals surface area contributed by atoms with Crippen LogP contribution in [0.1, 0.15) is 12.5 Å². The van der Waals surface area contributed by atoms with Crippen LogP contribution >= 0.6 is 0 Å². The van der Waals surface area contributed by atoms with Gasteiger partial charge in [0, 0.05) is 11.8 Å². The molecule has 0 bridgehead atoms. The summed E-state index contributed by atoms with van der Waals surface area (Å²) in [5.41, 5.74) is 1.93. The van der Waals surface area contributed by atoms with Crippen molar-refractivity contribution in [1.29, 1.82) is 0 Å². The number of benzene rings is 2. The maximum absolute atomic E-state index is 13.4. The minimum atomic E-state index is -0.794. The van der Waals surface area contributed by atoms with E-state index in [-0.39, 0.29) is 12.2 Å². The van der Waals surface area contributed by atoms with Crippen LogP contribution in [0.3, 0.4) is 0 Å². The molecule has 0 aliphatic carbocycles. The molecule has 110 valence electrons.